The van der Waals surface area contributed by atoms with Crippen LogP contribution in [-0.4, -0.2) is 51.0 Å². The highest BCUT2D eigenvalue weighted by molar-refractivity contribution is 5.86. The lowest BCUT2D eigenvalue weighted by molar-refractivity contribution is 0.0690. The number of ether oxygens (including phenoxy) is 1. The van der Waals surface area contributed by atoms with E-state index >= 15 is 0 Å². The molecule has 2 aromatic rings. The van der Waals surface area contributed by atoms with Crippen LogP contribution in [0.5, 0.6) is 5.75 Å². The molecule has 5 rings (SSSR count). The van der Waals surface area contributed by atoms with Crippen molar-refractivity contribution in [2.75, 3.05) is 13.1 Å². The molecule has 0 spiro atoms. The molecule has 2 unspecified atom stereocenters. The van der Waals surface area contributed by atoms with E-state index in [9.17, 15) is 9.59 Å². The van der Waals surface area contributed by atoms with Crippen molar-refractivity contribution in [1.82, 2.24) is 14.7 Å². The number of carboxylic acid groups (broad SMARTS) is 1. The van der Waals surface area contributed by atoms with Gasteiger partial charge in [-0.1, -0.05) is 25.0 Å². The predicted molar refractivity (Wildman–Crippen MR) is 110 cm³/mol. The number of benzene rings is 1. The summed E-state index contributed by atoms with van der Waals surface area (Å²) in [4.78, 5) is 25.4. The van der Waals surface area contributed by atoms with Gasteiger partial charge in [-0.05, 0) is 67.2 Å². The largest absolute Gasteiger partial charge is 0.490 e. The van der Waals surface area contributed by atoms with Crippen LogP contribution in [0.15, 0.2) is 36.5 Å². The third kappa shape index (κ3) is 3.68. The molecule has 2 saturated carbocycles. The number of aromatic carboxylic acids is 1. The van der Waals surface area contributed by atoms with Gasteiger partial charge in [0, 0.05) is 19.3 Å². The zero-order valence-corrected chi connectivity index (χ0v) is 16.9. The summed E-state index contributed by atoms with van der Waals surface area (Å²) >= 11 is 0. The average Bonchev–Trinajstić information content (AvgIpc) is 3.50. The number of likely N-dealkylation sites (tertiary alicyclic amines) is 1. The maximum absolute atomic E-state index is 12.7. The fourth-order valence-electron chi connectivity index (χ4n) is 5.48. The van der Waals surface area contributed by atoms with Crippen LogP contribution < -0.4 is 4.74 Å². The Balaban J connectivity index is 1.17. The molecular formula is C23H27N3O4. The molecule has 3 aliphatic rings. The molecule has 1 aromatic heterocycles. The van der Waals surface area contributed by atoms with Crippen LogP contribution in [0.3, 0.4) is 0 Å². The predicted octanol–water partition coefficient (Wildman–Crippen LogP) is 4.00. The van der Waals surface area contributed by atoms with Crippen molar-refractivity contribution in [2.24, 2.45) is 11.8 Å². The fourth-order valence-corrected chi connectivity index (χ4v) is 5.48. The summed E-state index contributed by atoms with van der Waals surface area (Å²) in [6, 6.07) is 9.70. The number of amides is 1. The number of hydrogen-bond donors (Lipinski definition) is 1. The van der Waals surface area contributed by atoms with Crippen molar-refractivity contribution < 1.29 is 19.4 Å². The van der Waals surface area contributed by atoms with Crippen molar-refractivity contribution in [3.05, 3.63) is 47.8 Å². The van der Waals surface area contributed by atoms with Gasteiger partial charge in [0.15, 0.2) is 5.69 Å². The highest BCUT2D eigenvalue weighted by Gasteiger charge is 2.43. The summed E-state index contributed by atoms with van der Waals surface area (Å²) in [5.74, 6) is 1.37. The lowest BCUT2D eigenvalue weighted by atomic mass is 9.98. The molecule has 0 radical (unpaired) electrons. The second kappa shape index (κ2) is 7.78. The first-order chi connectivity index (χ1) is 14.6. The molecule has 1 aromatic carbocycles. The number of rotatable bonds is 4. The van der Waals surface area contributed by atoms with Crippen LogP contribution in [0, 0.1) is 11.8 Å². The standard InChI is InChI=1S/C23H27N3O4/c27-22(28)21-8-9-26(24-21)23(29)25-13-17-11-20(12-18(17)14-25)30-19-7-3-6-16(10-19)15-4-1-2-5-15/h3,6-10,15,17-18,20H,1-2,4-5,11-14H2,(H,27,28). The third-order valence-electron chi connectivity index (χ3n) is 6.97. The number of aromatic nitrogens is 2. The zero-order valence-electron chi connectivity index (χ0n) is 16.9. The Morgan fingerprint density at radius 1 is 1.07 bits per heavy atom. The van der Waals surface area contributed by atoms with E-state index in [2.05, 4.69) is 29.4 Å². The Bertz CT molecular complexity index is 935. The van der Waals surface area contributed by atoms with E-state index in [1.165, 1.54) is 43.5 Å². The molecule has 1 amide bonds. The lowest BCUT2D eigenvalue weighted by Crippen LogP contribution is -2.34. The van der Waals surface area contributed by atoms with E-state index in [4.69, 9.17) is 9.84 Å². The molecule has 7 nitrogen and oxygen atoms in total. The van der Waals surface area contributed by atoms with Gasteiger partial charge in [-0.25, -0.2) is 9.59 Å². The molecule has 1 N–H and O–H groups in total. The summed E-state index contributed by atoms with van der Waals surface area (Å²) in [7, 11) is 0. The van der Waals surface area contributed by atoms with Crippen LogP contribution in [-0.2, 0) is 0 Å². The molecular weight excluding hydrogens is 382 g/mol. The summed E-state index contributed by atoms with van der Waals surface area (Å²) in [6.45, 7) is 1.35. The molecule has 1 aliphatic heterocycles. The average molecular weight is 409 g/mol. The van der Waals surface area contributed by atoms with Gasteiger partial charge in [-0.15, -0.1) is 0 Å². The molecule has 2 heterocycles. The monoisotopic (exact) mass is 409 g/mol. The lowest BCUT2D eigenvalue weighted by Gasteiger charge is -2.20. The Morgan fingerprint density at radius 2 is 1.80 bits per heavy atom. The number of nitrogens with zero attached hydrogens (tertiary/aromatic N) is 3. The number of carboxylic acids is 1. The summed E-state index contributed by atoms with van der Waals surface area (Å²) < 4.78 is 7.47. The molecule has 158 valence electrons. The minimum absolute atomic E-state index is 0.115. The topological polar surface area (TPSA) is 84.7 Å². The van der Waals surface area contributed by atoms with Gasteiger partial charge in [-0.3, -0.25) is 0 Å². The minimum atomic E-state index is -1.13. The van der Waals surface area contributed by atoms with Crippen molar-refractivity contribution in [2.45, 2.75) is 50.5 Å². The molecule has 2 atom stereocenters. The normalized spacial score (nSPS) is 26.1. The summed E-state index contributed by atoms with van der Waals surface area (Å²) in [6.07, 6.45) is 8.72. The Hall–Kier alpha value is -2.83. The molecule has 3 fully saturated rings. The van der Waals surface area contributed by atoms with Gasteiger partial charge in [0.1, 0.15) is 5.75 Å². The third-order valence-corrected chi connectivity index (χ3v) is 6.97. The van der Waals surface area contributed by atoms with Crippen LogP contribution in [0.25, 0.3) is 0 Å². The molecule has 30 heavy (non-hydrogen) atoms. The Labute approximate surface area is 175 Å². The quantitative estimate of drug-likeness (QED) is 0.825. The zero-order chi connectivity index (χ0) is 20.7. The fraction of sp³-hybridized carbons (Fsp3) is 0.522. The van der Waals surface area contributed by atoms with E-state index in [0.717, 1.165) is 23.3 Å². The van der Waals surface area contributed by atoms with Gasteiger partial charge in [0.2, 0.25) is 0 Å². The number of carbonyl (C=O) groups excluding carboxylic acids is 1. The van der Waals surface area contributed by atoms with Crippen molar-refractivity contribution in [3.8, 4) is 5.75 Å². The maximum Gasteiger partial charge on any atom is 0.356 e. The van der Waals surface area contributed by atoms with Gasteiger partial charge >= 0.3 is 12.0 Å². The number of carbonyl (C=O) groups is 2. The highest BCUT2D eigenvalue weighted by atomic mass is 16.5. The van der Waals surface area contributed by atoms with E-state index in [1.54, 1.807) is 4.90 Å². The minimum Gasteiger partial charge on any atom is -0.490 e. The van der Waals surface area contributed by atoms with E-state index in [0.29, 0.717) is 30.8 Å². The van der Waals surface area contributed by atoms with E-state index in [1.807, 2.05) is 0 Å². The number of hydrogen-bond acceptors (Lipinski definition) is 4. The van der Waals surface area contributed by atoms with Crippen LogP contribution in [0.2, 0.25) is 0 Å². The second-order valence-electron chi connectivity index (χ2n) is 8.92. The first-order valence-electron chi connectivity index (χ1n) is 10.9. The Kier molecular flexibility index (Phi) is 4.97. The van der Waals surface area contributed by atoms with E-state index < -0.39 is 5.97 Å². The molecule has 2 aliphatic carbocycles. The van der Waals surface area contributed by atoms with Gasteiger partial charge in [0.05, 0.1) is 6.10 Å². The van der Waals surface area contributed by atoms with Crippen LogP contribution >= 0.6 is 0 Å². The van der Waals surface area contributed by atoms with Gasteiger partial charge < -0.3 is 14.7 Å². The van der Waals surface area contributed by atoms with Crippen LogP contribution in [0.1, 0.15) is 60.5 Å². The first-order valence-corrected chi connectivity index (χ1v) is 10.9. The summed E-state index contributed by atoms with van der Waals surface area (Å²) in [5.41, 5.74) is 1.29. The maximum atomic E-state index is 12.7. The smallest absolute Gasteiger partial charge is 0.356 e. The second-order valence-corrected chi connectivity index (χ2v) is 8.92. The molecule has 1 saturated heterocycles. The SMILES string of the molecule is O=C(O)c1ccn(C(=O)N2CC3CC(Oc4cccc(C5CCCC5)c4)CC3C2)n1. The molecule has 0 bridgehead atoms. The Morgan fingerprint density at radius 3 is 2.47 bits per heavy atom. The van der Waals surface area contributed by atoms with Crippen molar-refractivity contribution >= 4 is 12.0 Å². The van der Waals surface area contributed by atoms with Crippen molar-refractivity contribution in [3.63, 3.8) is 0 Å². The number of fused-ring (bicyclic) bond motifs is 1. The van der Waals surface area contributed by atoms with Gasteiger partial charge in [0.25, 0.3) is 0 Å². The van der Waals surface area contributed by atoms with Crippen LogP contribution in [0.4, 0.5) is 4.79 Å². The van der Waals surface area contributed by atoms with Crippen molar-refractivity contribution in [1.29, 1.82) is 0 Å². The summed E-state index contributed by atoms with van der Waals surface area (Å²) in [5, 5.41) is 12.9. The highest BCUT2D eigenvalue weighted by Crippen LogP contribution is 2.41. The molecule has 7 heteroatoms. The first kappa shape index (κ1) is 19.2. The van der Waals surface area contributed by atoms with Gasteiger partial charge in [-0.2, -0.15) is 9.78 Å². The van der Waals surface area contributed by atoms with E-state index in [-0.39, 0.29) is 17.8 Å².